The molecule has 0 atom stereocenters. The Hall–Kier alpha value is -0.120. The van der Waals surface area contributed by atoms with Crippen molar-refractivity contribution in [2.45, 2.75) is 6.42 Å². The third-order valence-electron chi connectivity index (χ3n) is 1.67. The number of hydrogen-bond donors (Lipinski definition) is 1. The van der Waals surface area contributed by atoms with Gasteiger partial charge in [-0.05, 0) is 40.7 Å². The molecule has 68 valence electrons. The number of likely N-dealkylation sites (N-methyl/N-ethyl adjacent to an activating group) is 2. The van der Waals surface area contributed by atoms with Gasteiger partial charge in [0.15, 0.2) is 0 Å². The van der Waals surface area contributed by atoms with Crippen molar-refractivity contribution in [2.75, 3.05) is 47.3 Å². The van der Waals surface area contributed by atoms with E-state index in [4.69, 9.17) is 5.73 Å². The normalized spacial score (nSPS) is 11.5. The molecule has 0 rings (SSSR count). The molecule has 0 aromatic rings. The van der Waals surface area contributed by atoms with Crippen LogP contribution in [0.25, 0.3) is 0 Å². The van der Waals surface area contributed by atoms with Gasteiger partial charge in [-0.25, -0.2) is 0 Å². The molecule has 0 aromatic carbocycles. The molecule has 0 aliphatic heterocycles. The number of hydrogen-bond acceptors (Lipinski definition) is 3. The molecule has 0 spiro atoms. The SMILES string of the molecule is CN(C)CCN(C)CCCN. The predicted molar refractivity (Wildman–Crippen MR) is 49.7 cm³/mol. The number of rotatable bonds is 6. The summed E-state index contributed by atoms with van der Waals surface area (Å²) in [7, 11) is 6.33. The quantitative estimate of drug-likeness (QED) is 0.584. The van der Waals surface area contributed by atoms with E-state index in [1.807, 2.05) is 0 Å². The van der Waals surface area contributed by atoms with Crippen LogP contribution >= 0.6 is 0 Å². The maximum Gasteiger partial charge on any atom is 0.0106 e. The first-order chi connectivity index (χ1) is 5.16. The fourth-order valence-corrected chi connectivity index (χ4v) is 0.844. The molecule has 0 aliphatic carbocycles. The Labute approximate surface area is 70.2 Å². The highest BCUT2D eigenvalue weighted by atomic mass is 15.1. The van der Waals surface area contributed by atoms with Crippen molar-refractivity contribution in [3.8, 4) is 0 Å². The van der Waals surface area contributed by atoms with Crippen molar-refractivity contribution >= 4 is 0 Å². The Kier molecular flexibility index (Phi) is 6.51. The van der Waals surface area contributed by atoms with Crippen LogP contribution < -0.4 is 5.73 Å². The van der Waals surface area contributed by atoms with Crippen LogP contribution in [0.5, 0.6) is 0 Å². The van der Waals surface area contributed by atoms with E-state index >= 15 is 0 Å². The van der Waals surface area contributed by atoms with Crippen molar-refractivity contribution < 1.29 is 0 Å². The van der Waals surface area contributed by atoms with Gasteiger partial charge in [0, 0.05) is 13.1 Å². The van der Waals surface area contributed by atoms with Crippen molar-refractivity contribution in [3.63, 3.8) is 0 Å². The number of nitrogens with zero attached hydrogens (tertiary/aromatic N) is 2. The van der Waals surface area contributed by atoms with Gasteiger partial charge in [-0.2, -0.15) is 0 Å². The first-order valence-electron chi connectivity index (χ1n) is 4.20. The standard InChI is InChI=1S/C8H21N3/c1-10(2)7-8-11(3)6-4-5-9/h4-9H2,1-3H3. The summed E-state index contributed by atoms with van der Waals surface area (Å²) >= 11 is 0. The van der Waals surface area contributed by atoms with Gasteiger partial charge in [-0.1, -0.05) is 0 Å². The minimum atomic E-state index is 0.798. The molecule has 0 saturated heterocycles. The Morgan fingerprint density at radius 2 is 1.64 bits per heavy atom. The summed E-state index contributed by atoms with van der Waals surface area (Å²) in [6, 6.07) is 0. The van der Waals surface area contributed by atoms with E-state index in [2.05, 4.69) is 30.9 Å². The van der Waals surface area contributed by atoms with Crippen LogP contribution in [-0.4, -0.2) is 57.1 Å². The van der Waals surface area contributed by atoms with Crippen molar-refractivity contribution in [1.29, 1.82) is 0 Å². The zero-order valence-electron chi connectivity index (χ0n) is 8.01. The second kappa shape index (κ2) is 6.58. The summed E-state index contributed by atoms with van der Waals surface area (Å²) in [6.45, 7) is 4.17. The van der Waals surface area contributed by atoms with Crippen molar-refractivity contribution in [1.82, 2.24) is 9.80 Å². The maximum atomic E-state index is 5.40. The van der Waals surface area contributed by atoms with E-state index < -0.39 is 0 Å². The van der Waals surface area contributed by atoms with Gasteiger partial charge in [0.25, 0.3) is 0 Å². The average Bonchev–Trinajstić information content (AvgIpc) is 1.97. The topological polar surface area (TPSA) is 32.5 Å². The van der Waals surface area contributed by atoms with Gasteiger partial charge in [-0.15, -0.1) is 0 Å². The molecular formula is C8H21N3. The second-order valence-corrected chi connectivity index (χ2v) is 3.25. The Morgan fingerprint density at radius 1 is 1.00 bits per heavy atom. The van der Waals surface area contributed by atoms with Crippen molar-refractivity contribution in [2.24, 2.45) is 5.73 Å². The molecule has 3 heteroatoms. The second-order valence-electron chi connectivity index (χ2n) is 3.25. The highest BCUT2D eigenvalue weighted by Crippen LogP contribution is 1.85. The molecule has 11 heavy (non-hydrogen) atoms. The lowest BCUT2D eigenvalue weighted by Crippen LogP contribution is -2.30. The van der Waals surface area contributed by atoms with Crippen LogP contribution in [0.15, 0.2) is 0 Å². The van der Waals surface area contributed by atoms with E-state index in [0.29, 0.717) is 0 Å². The van der Waals surface area contributed by atoms with Crippen LogP contribution in [0.2, 0.25) is 0 Å². The lowest BCUT2D eigenvalue weighted by molar-refractivity contribution is 0.281. The summed E-state index contributed by atoms with van der Waals surface area (Å²) in [5.41, 5.74) is 5.40. The highest BCUT2D eigenvalue weighted by molar-refractivity contribution is 4.53. The molecule has 0 saturated carbocycles. The zero-order chi connectivity index (χ0) is 8.69. The molecule has 0 fully saturated rings. The van der Waals surface area contributed by atoms with Crippen LogP contribution in [0, 0.1) is 0 Å². The van der Waals surface area contributed by atoms with E-state index in [-0.39, 0.29) is 0 Å². The van der Waals surface area contributed by atoms with Gasteiger partial charge in [0.1, 0.15) is 0 Å². The average molecular weight is 159 g/mol. The molecule has 3 nitrogen and oxygen atoms in total. The number of nitrogens with two attached hydrogens (primary N) is 1. The molecule has 0 bridgehead atoms. The fraction of sp³-hybridized carbons (Fsp3) is 1.00. The molecular weight excluding hydrogens is 138 g/mol. The molecule has 0 amide bonds. The van der Waals surface area contributed by atoms with Gasteiger partial charge >= 0.3 is 0 Å². The lowest BCUT2D eigenvalue weighted by Gasteiger charge is -2.18. The third-order valence-corrected chi connectivity index (χ3v) is 1.67. The first kappa shape index (κ1) is 10.9. The molecule has 2 N–H and O–H groups in total. The summed E-state index contributed by atoms with van der Waals surface area (Å²) in [5, 5.41) is 0. The van der Waals surface area contributed by atoms with E-state index in [0.717, 1.165) is 32.6 Å². The minimum Gasteiger partial charge on any atom is -0.330 e. The molecule has 0 radical (unpaired) electrons. The summed E-state index contributed by atoms with van der Waals surface area (Å²) in [6.07, 6.45) is 1.10. The minimum absolute atomic E-state index is 0.798. The summed E-state index contributed by atoms with van der Waals surface area (Å²) in [5.74, 6) is 0. The Bertz CT molecular complexity index is 83.4. The highest BCUT2D eigenvalue weighted by Gasteiger charge is 1.96. The molecule has 0 aromatic heterocycles. The van der Waals surface area contributed by atoms with E-state index in [1.165, 1.54) is 0 Å². The fourth-order valence-electron chi connectivity index (χ4n) is 0.844. The monoisotopic (exact) mass is 159 g/mol. The first-order valence-corrected chi connectivity index (χ1v) is 4.20. The van der Waals surface area contributed by atoms with Crippen LogP contribution in [0.1, 0.15) is 6.42 Å². The van der Waals surface area contributed by atoms with Gasteiger partial charge in [0.05, 0.1) is 0 Å². The summed E-state index contributed by atoms with van der Waals surface area (Å²) in [4.78, 5) is 4.51. The third kappa shape index (κ3) is 7.78. The van der Waals surface area contributed by atoms with Crippen LogP contribution in [0.3, 0.4) is 0 Å². The molecule has 0 unspecified atom stereocenters. The molecule has 0 aliphatic rings. The van der Waals surface area contributed by atoms with Gasteiger partial charge in [-0.3, -0.25) is 0 Å². The Morgan fingerprint density at radius 3 is 2.09 bits per heavy atom. The molecule has 0 heterocycles. The zero-order valence-corrected chi connectivity index (χ0v) is 8.01. The summed E-state index contributed by atoms with van der Waals surface area (Å²) < 4.78 is 0. The van der Waals surface area contributed by atoms with Crippen molar-refractivity contribution in [3.05, 3.63) is 0 Å². The maximum absolute atomic E-state index is 5.40. The largest absolute Gasteiger partial charge is 0.330 e. The van der Waals surface area contributed by atoms with Gasteiger partial charge < -0.3 is 15.5 Å². The lowest BCUT2D eigenvalue weighted by atomic mass is 10.4. The Balaban J connectivity index is 3.15. The predicted octanol–water partition coefficient (Wildman–Crippen LogP) is -0.171. The van der Waals surface area contributed by atoms with E-state index in [1.54, 1.807) is 0 Å². The van der Waals surface area contributed by atoms with Crippen LogP contribution in [0.4, 0.5) is 0 Å². The van der Waals surface area contributed by atoms with Gasteiger partial charge in [0.2, 0.25) is 0 Å². The van der Waals surface area contributed by atoms with Crippen LogP contribution in [-0.2, 0) is 0 Å². The smallest absolute Gasteiger partial charge is 0.0106 e. The van der Waals surface area contributed by atoms with E-state index in [9.17, 15) is 0 Å².